The molecule has 0 amide bonds. The van der Waals surface area contributed by atoms with Gasteiger partial charge in [-0.2, -0.15) is 0 Å². The van der Waals surface area contributed by atoms with Crippen molar-refractivity contribution < 1.29 is 14.3 Å². The summed E-state index contributed by atoms with van der Waals surface area (Å²) in [6.07, 6.45) is 12.3. The lowest BCUT2D eigenvalue weighted by Crippen LogP contribution is -2.13. The van der Waals surface area contributed by atoms with Crippen LogP contribution in [0.3, 0.4) is 0 Å². The summed E-state index contributed by atoms with van der Waals surface area (Å²) in [7, 11) is 0. The van der Waals surface area contributed by atoms with E-state index in [1.165, 1.54) is 44.9 Å². The summed E-state index contributed by atoms with van der Waals surface area (Å²) in [5, 5.41) is 0. The van der Waals surface area contributed by atoms with Gasteiger partial charge < -0.3 is 9.47 Å². The first-order chi connectivity index (χ1) is 9.30. The van der Waals surface area contributed by atoms with Crippen molar-refractivity contribution in [3.63, 3.8) is 0 Å². The molecule has 1 heterocycles. The molecular formula is C16H28O3. The number of esters is 1. The fraction of sp³-hybridized carbons (Fsp3) is 0.812. The molecule has 0 aliphatic carbocycles. The molecule has 0 bridgehead atoms. The maximum Gasteiger partial charge on any atom is 0.335 e. The van der Waals surface area contributed by atoms with Gasteiger partial charge in [-0.25, -0.2) is 4.79 Å². The van der Waals surface area contributed by atoms with Crippen LogP contribution in [0, 0.1) is 0 Å². The number of hydrogen-bond donors (Lipinski definition) is 0. The first-order valence-corrected chi connectivity index (χ1v) is 7.73. The number of cyclic esters (lactones) is 1. The molecule has 110 valence electrons. The van der Waals surface area contributed by atoms with E-state index in [4.69, 9.17) is 9.47 Å². The molecule has 1 saturated heterocycles. The van der Waals surface area contributed by atoms with Gasteiger partial charge in [0.15, 0.2) is 0 Å². The smallest absolute Gasteiger partial charge is 0.335 e. The lowest BCUT2D eigenvalue weighted by molar-refractivity contribution is -0.139. The molecule has 0 aromatic rings. The van der Waals surface area contributed by atoms with Crippen LogP contribution in [0.15, 0.2) is 12.2 Å². The van der Waals surface area contributed by atoms with Crippen molar-refractivity contribution in [3.8, 4) is 0 Å². The lowest BCUT2D eigenvalue weighted by atomic mass is 10.1. The Morgan fingerprint density at radius 1 is 0.737 bits per heavy atom. The third kappa shape index (κ3) is 8.82. The van der Waals surface area contributed by atoms with Crippen LogP contribution in [0.5, 0.6) is 0 Å². The average molecular weight is 268 g/mol. The van der Waals surface area contributed by atoms with Crippen LogP contribution in [0.2, 0.25) is 0 Å². The first-order valence-electron chi connectivity index (χ1n) is 7.73. The van der Waals surface area contributed by atoms with Crippen molar-refractivity contribution in [2.75, 3.05) is 19.8 Å². The molecule has 1 rings (SSSR count). The normalized spacial score (nSPS) is 22.5. The van der Waals surface area contributed by atoms with E-state index in [2.05, 4.69) is 6.58 Å². The third-order valence-corrected chi connectivity index (χ3v) is 3.48. The molecule has 1 aliphatic heterocycles. The predicted octanol–water partition coefficient (Wildman–Crippen LogP) is 4.02. The highest BCUT2D eigenvalue weighted by atomic mass is 16.5. The highest BCUT2D eigenvalue weighted by Gasteiger charge is 2.08. The first kappa shape index (κ1) is 16.2. The van der Waals surface area contributed by atoms with Gasteiger partial charge in [0.05, 0.1) is 18.8 Å². The van der Waals surface area contributed by atoms with Crippen LogP contribution in [0.4, 0.5) is 0 Å². The SMILES string of the molecule is C=C1COCCCCCCCCCCCCOC1=O. The highest BCUT2D eigenvalue weighted by Crippen LogP contribution is 2.11. The molecule has 3 heteroatoms. The molecule has 0 radical (unpaired) electrons. The van der Waals surface area contributed by atoms with Crippen LogP contribution in [0.25, 0.3) is 0 Å². The molecule has 0 aromatic heterocycles. The Bertz CT molecular complexity index is 235. The summed E-state index contributed by atoms with van der Waals surface area (Å²) in [5.41, 5.74) is 0.435. The van der Waals surface area contributed by atoms with Crippen molar-refractivity contribution in [1.29, 1.82) is 0 Å². The standard InChI is InChI=1S/C16H28O3/c1-15-14-18-12-10-8-6-4-2-3-5-7-9-11-13-19-16(15)17/h1-14H2. The highest BCUT2D eigenvalue weighted by molar-refractivity contribution is 5.87. The number of ether oxygens (including phenoxy) is 2. The van der Waals surface area contributed by atoms with E-state index in [9.17, 15) is 4.79 Å². The van der Waals surface area contributed by atoms with Gasteiger partial charge in [0.1, 0.15) is 0 Å². The zero-order valence-electron chi connectivity index (χ0n) is 12.1. The Kier molecular flexibility index (Phi) is 9.42. The molecule has 1 aliphatic rings. The molecule has 19 heavy (non-hydrogen) atoms. The minimum Gasteiger partial charge on any atom is -0.462 e. The molecule has 0 N–H and O–H groups in total. The van der Waals surface area contributed by atoms with E-state index in [1.54, 1.807) is 0 Å². The van der Waals surface area contributed by atoms with Gasteiger partial charge in [-0.3, -0.25) is 0 Å². The van der Waals surface area contributed by atoms with Crippen molar-refractivity contribution >= 4 is 5.97 Å². The monoisotopic (exact) mass is 268 g/mol. The minimum atomic E-state index is -0.302. The maximum absolute atomic E-state index is 11.6. The summed E-state index contributed by atoms with van der Waals surface area (Å²) < 4.78 is 10.6. The summed E-state index contributed by atoms with van der Waals surface area (Å²) in [6, 6.07) is 0. The van der Waals surface area contributed by atoms with Crippen molar-refractivity contribution in [3.05, 3.63) is 12.2 Å². The van der Waals surface area contributed by atoms with Gasteiger partial charge in [-0.1, -0.05) is 57.9 Å². The van der Waals surface area contributed by atoms with Gasteiger partial charge >= 0.3 is 5.97 Å². The molecule has 1 fully saturated rings. The molecule has 0 atom stereocenters. The number of carbonyl (C=O) groups is 1. The largest absolute Gasteiger partial charge is 0.462 e. The van der Waals surface area contributed by atoms with E-state index < -0.39 is 0 Å². The molecule has 0 spiro atoms. The van der Waals surface area contributed by atoms with Gasteiger partial charge in [0, 0.05) is 6.61 Å². The summed E-state index contributed by atoms with van der Waals surface area (Å²) in [4.78, 5) is 11.6. The van der Waals surface area contributed by atoms with E-state index in [1.807, 2.05) is 0 Å². The predicted molar refractivity (Wildman–Crippen MR) is 77.1 cm³/mol. The van der Waals surface area contributed by atoms with Crippen molar-refractivity contribution in [1.82, 2.24) is 0 Å². The van der Waals surface area contributed by atoms with E-state index in [0.717, 1.165) is 19.3 Å². The minimum absolute atomic E-state index is 0.302. The van der Waals surface area contributed by atoms with Gasteiger partial charge in [-0.05, 0) is 12.8 Å². The van der Waals surface area contributed by atoms with Crippen LogP contribution >= 0.6 is 0 Å². The zero-order chi connectivity index (χ0) is 13.8. The quantitative estimate of drug-likeness (QED) is 0.492. The summed E-state index contributed by atoms with van der Waals surface area (Å²) >= 11 is 0. The maximum atomic E-state index is 11.6. The Hall–Kier alpha value is -0.830. The van der Waals surface area contributed by atoms with E-state index in [-0.39, 0.29) is 5.97 Å². The average Bonchev–Trinajstić information content (AvgIpc) is 2.41. The van der Waals surface area contributed by atoms with Gasteiger partial charge in [0.25, 0.3) is 0 Å². The van der Waals surface area contributed by atoms with Gasteiger partial charge in [-0.15, -0.1) is 0 Å². The van der Waals surface area contributed by atoms with E-state index in [0.29, 0.717) is 25.4 Å². The van der Waals surface area contributed by atoms with Crippen LogP contribution in [-0.2, 0) is 14.3 Å². The molecule has 0 aromatic carbocycles. The Morgan fingerprint density at radius 3 is 1.79 bits per heavy atom. The van der Waals surface area contributed by atoms with E-state index >= 15 is 0 Å². The van der Waals surface area contributed by atoms with Crippen LogP contribution in [-0.4, -0.2) is 25.8 Å². The number of carbonyl (C=O) groups excluding carboxylic acids is 1. The molecule has 3 nitrogen and oxygen atoms in total. The van der Waals surface area contributed by atoms with Crippen LogP contribution < -0.4 is 0 Å². The second-order valence-corrected chi connectivity index (χ2v) is 5.33. The fourth-order valence-electron chi connectivity index (χ4n) is 2.24. The second kappa shape index (κ2) is 11.0. The topological polar surface area (TPSA) is 35.5 Å². The zero-order valence-corrected chi connectivity index (χ0v) is 12.1. The second-order valence-electron chi connectivity index (χ2n) is 5.33. The Morgan fingerprint density at radius 2 is 1.21 bits per heavy atom. The molecule has 0 saturated carbocycles. The Balaban J connectivity index is 2.23. The summed E-state index contributed by atoms with van der Waals surface area (Å²) in [6.45, 7) is 5.24. The Labute approximate surface area is 117 Å². The van der Waals surface area contributed by atoms with Crippen molar-refractivity contribution in [2.24, 2.45) is 0 Å². The number of rotatable bonds is 0. The third-order valence-electron chi connectivity index (χ3n) is 3.48. The van der Waals surface area contributed by atoms with Crippen LogP contribution in [0.1, 0.15) is 64.2 Å². The lowest BCUT2D eigenvalue weighted by Gasteiger charge is -2.07. The summed E-state index contributed by atoms with van der Waals surface area (Å²) in [5.74, 6) is -0.302. The van der Waals surface area contributed by atoms with Gasteiger partial charge in [0.2, 0.25) is 0 Å². The number of hydrogen-bond acceptors (Lipinski definition) is 3. The fourth-order valence-corrected chi connectivity index (χ4v) is 2.24. The van der Waals surface area contributed by atoms with Crippen molar-refractivity contribution in [2.45, 2.75) is 64.2 Å². The molecule has 0 unspecified atom stereocenters. The molecular weight excluding hydrogens is 240 g/mol.